The van der Waals surface area contributed by atoms with Crippen molar-refractivity contribution in [2.45, 2.75) is 58.2 Å². The van der Waals surface area contributed by atoms with E-state index in [0.717, 1.165) is 23.6 Å². The lowest BCUT2D eigenvalue weighted by Crippen LogP contribution is -2.16. The lowest BCUT2D eigenvalue weighted by molar-refractivity contribution is -0.274. The van der Waals surface area contributed by atoms with Crippen molar-refractivity contribution in [3.63, 3.8) is 0 Å². The summed E-state index contributed by atoms with van der Waals surface area (Å²) in [7, 11) is 0. The van der Waals surface area contributed by atoms with Crippen LogP contribution in [0.3, 0.4) is 0 Å². The predicted molar refractivity (Wildman–Crippen MR) is 120 cm³/mol. The fourth-order valence-corrected chi connectivity index (χ4v) is 4.86. The molecule has 0 aromatic heterocycles. The molecule has 0 unspecified atom stereocenters. The zero-order valence-electron chi connectivity index (χ0n) is 18.2. The molecule has 0 amide bonds. The third kappa shape index (κ3) is 5.43. The van der Waals surface area contributed by atoms with Gasteiger partial charge < -0.3 is 4.74 Å². The Kier molecular flexibility index (Phi) is 6.73. The van der Waals surface area contributed by atoms with Gasteiger partial charge in [-0.3, -0.25) is 0 Å². The number of hydrogen-bond donors (Lipinski definition) is 0. The molecule has 1 saturated carbocycles. The summed E-state index contributed by atoms with van der Waals surface area (Å²) >= 11 is 0. The van der Waals surface area contributed by atoms with Crippen molar-refractivity contribution in [2.24, 2.45) is 11.8 Å². The van der Waals surface area contributed by atoms with Crippen molar-refractivity contribution in [3.05, 3.63) is 66.0 Å². The summed E-state index contributed by atoms with van der Waals surface area (Å²) in [5.74, 6) is 1.00. The van der Waals surface area contributed by atoms with E-state index in [1.807, 2.05) is 18.2 Å². The van der Waals surface area contributed by atoms with E-state index >= 15 is 4.39 Å². The first-order valence-corrected chi connectivity index (χ1v) is 11.4. The molecule has 5 heteroatoms. The highest BCUT2D eigenvalue weighted by Gasteiger charge is 2.31. The monoisotopic (exact) mass is 444 g/mol. The van der Waals surface area contributed by atoms with Gasteiger partial charge >= 0.3 is 6.36 Å². The highest BCUT2D eigenvalue weighted by Crippen LogP contribution is 2.34. The lowest BCUT2D eigenvalue weighted by atomic mass is 9.78. The van der Waals surface area contributed by atoms with E-state index < -0.39 is 6.36 Å². The molecule has 3 aromatic carbocycles. The Labute approximate surface area is 186 Å². The quantitative estimate of drug-likeness (QED) is 0.346. The Bertz CT molecular complexity index is 1050. The minimum absolute atomic E-state index is 0.324. The molecule has 1 aliphatic carbocycles. The van der Waals surface area contributed by atoms with Crippen molar-refractivity contribution in [1.82, 2.24) is 0 Å². The first-order valence-electron chi connectivity index (χ1n) is 11.4. The van der Waals surface area contributed by atoms with Gasteiger partial charge in [0, 0.05) is 10.9 Å². The number of hydrogen-bond acceptors (Lipinski definition) is 1. The molecule has 1 aliphatic rings. The van der Waals surface area contributed by atoms with Crippen molar-refractivity contribution < 1.29 is 22.3 Å². The summed E-state index contributed by atoms with van der Waals surface area (Å²) in [6, 6.07) is 14.7. The average molecular weight is 445 g/mol. The number of halogens is 4. The molecule has 1 nitrogen and oxygen atoms in total. The molecule has 0 heterocycles. The summed E-state index contributed by atoms with van der Waals surface area (Å²) < 4.78 is 56.1. The van der Waals surface area contributed by atoms with Crippen molar-refractivity contribution in [1.29, 1.82) is 0 Å². The number of alkyl halides is 3. The molecule has 32 heavy (non-hydrogen) atoms. The van der Waals surface area contributed by atoms with Crippen LogP contribution in [0.15, 0.2) is 54.6 Å². The SMILES string of the molecule is CCC1CCC(CCc2ccc3c(F)c(-c4ccc(OC(F)(F)F)cc4)ccc3c2)CC1. The minimum Gasteiger partial charge on any atom is -0.406 e. The molecule has 0 aliphatic heterocycles. The van der Waals surface area contributed by atoms with E-state index in [-0.39, 0.29) is 11.6 Å². The topological polar surface area (TPSA) is 9.23 Å². The van der Waals surface area contributed by atoms with Crippen molar-refractivity contribution in [3.8, 4) is 16.9 Å². The highest BCUT2D eigenvalue weighted by molar-refractivity contribution is 5.88. The van der Waals surface area contributed by atoms with Crippen LogP contribution < -0.4 is 4.74 Å². The number of ether oxygens (including phenoxy) is 1. The number of rotatable bonds is 6. The Morgan fingerprint density at radius 2 is 1.56 bits per heavy atom. The molecule has 3 aromatic rings. The van der Waals surface area contributed by atoms with E-state index in [1.54, 1.807) is 6.07 Å². The molecule has 4 rings (SSSR count). The first-order chi connectivity index (χ1) is 15.3. The fraction of sp³-hybridized carbons (Fsp3) is 0.407. The largest absolute Gasteiger partial charge is 0.573 e. The van der Waals surface area contributed by atoms with Gasteiger partial charge in [-0.25, -0.2) is 4.39 Å². The minimum atomic E-state index is -4.75. The van der Waals surface area contributed by atoms with Gasteiger partial charge in [-0.05, 0) is 53.3 Å². The standard InChI is InChI=1S/C27H28F4O/c1-2-18-3-5-19(6-4-18)7-8-20-9-15-25-22(17-20)12-16-24(26(25)28)21-10-13-23(14-11-21)32-27(29,30)31/h9-19H,2-8H2,1H3. The summed E-state index contributed by atoms with van der Waals surface area (Å²) in [6.45, 7) is 2.28. The van der Waals surface area contributed by atoms with Gasteiger partial charge in [-0.15, -0.1) is 13.2 Å². The zero-order chi connectivity index (χ0) is 22.7. The van der Waals surface area contributed by atoms with Gasteiger partial charge in [-0.1, -0.05) is 81.5 Å². The third-order valence-corrected chi connectivity index (χ3v) is 6.80. The van der Waals surface area contributed by atoms with Crippen molar-refractivity contribution >= 4 is 10.8 Å². The molecular weight excluding hydrogens is 416 g/mol. The van der Waals surface area contributed by atoms with Crippen LogP contribution in [0.2, 0.25) is 0 Å². The molecule has 0 saturated heterocycles. The smallest absolute Gasteiger partial charge is 0.406 e. The fourth-order valence-electron chi connectivity index (χ4n) is 4.86. The molecular formula is C27H28F4O. The number of aryl methyl sites for hydroxylation is 1. The van der Waals surface area contributed by atoms with E-state index in [9.17, 15) is 13.2 Å². The van der Waals surface area contributed by atoms with E-state index in [4.69, 9.17) is 0 Å². The molecule has 0 atom stereocenters. The van der Waals surface area contributed by atoms with Crippen LogP contribution in [0.1, 0.15) is 51.0 Å². The van der Waals surface area contributed by atoms with Crippen LogP contribution in [-0.4, -0.2) is 6.36 Å². The Hall–Kier alpha value is -2.56. The average Bonchev–Trinajstić information content (AvgIpc) is 2.78. The second kappa shape index (κ2) is 9.51. The Balaban J connectivity index is 1.46. The van der Waals surface area contributed by atoms with E-state index in [1.165, 1.54) is 68.4 Å². The third-order valence-electron chi connectivity index (χ3n) is 6.80. The van der Waals surface area contributed by atoms with Crippen molar-refractivity contribution in [2.75, 3.05) is 0 Å². The first kappa shape index (κ1) is 22.6. The molecule has 0 bridgehead atoms. The molecule has 1 fully saturated rings. The van der Waals surface area contributed by atoms with Crippen LogP contribution in [0.4, 0.5) is 17.6 Å². The Morgan fingerprint density at radius 1 is 0.875 bits per heavy atom. The second-order valence-corrected chi connectivity index (χ2v) is 8.89. The number of fused-ring (bicyclic) bond motifs is 1. The number of benzene rings is 3. The summed E-state index contributed by atoms with van der Waals surface area (Å²) in [4.78, 5) is 0. The van der Waals surface area contributed by atoms with Gasteiger partial charge in [0.1, 0.15) is 11.6 Å². The van der Waals surface area contributed by atoms with Crippen LogP contribution in [0, 0.1) is 17.7 Å². The second-order valence-electron chi connectivity index (χ2n) is 8.89. The normalized spacial score (nSPS) is 19.3. The van der Waals surface area contributed by atoms with Gasteiger partial charge in [-0.2, -0.15) is 0 Å². The van der Waals surface area contributed by atoms with Gasteiger partial charge in [0.15, 0.2) is 0 Å². The van der Waals surface area contributed by atoms with Crippen LogP contribution >= 0.6 is 0 Å². The molecule has 170 valence electrons. The van der Waals surface area contributed by atoms with E-state index in [0.29, 0.717) is 16.5 Å². The van der Waals surface area contributed by atoms with Crippen LogP contribution in [-0.2, 0) is 6.42 Å². The Morgan fingerprint density at radius 3 is 2.22 bits per heavy atom. The summed E-state index contributed by atoms with van der Waals surface area (Å²) in [5, 5.41) is 1.36. The maximum Gasteiger partial charge on any atom is 0.573 e. The van der Waals surface area contributed by atoms with Gasteiger partial charge in [0.05, 0.1) is 0 Å². The summed E-state index contributed by atoms with van der Waals surface area (Å²) in [6.07, 6.45) is 4.04. The maximum absolute atomic E-state index is 15.2. The highest BCUT2D eigenvalue weighted by atomic mass is 19.4. The molecule has 0 radical (unpaired) electrons. The summed E-state index contributed by atoms with van der Waals surface area (Å²) in [5.41, 5.74) is 2.08. The zero-order valence-corrected chi connectivity index (χ0v) is 18.2. The lowest BCUT2D eigenvalue weighted by Gasteiger charge is -2.27. The molecule has 0 spiro atoms. The van der Waals surface area contributed by atoms with Gasteiger partial charge in [0.25, 0.3) is 0 Å². The molecule has 0 N–H and O–H groups in total. The predicted octanol–water partition coefficient (Wildman–Crippen LogP) is 8.69. The maximum atomic E-state index is 15.2. The van der Waals surface area contributed by atoms with E-state index in [2.05, 4.69) is 17.7 Å². The van der Waals surface area contributed by atoms with Crippen LogP contribution in [0.25, 0.3) is 21.9 Å². The van der Waals surface area contributed by atoms with Gasteiger partial charge in [0.2, 0.25) is 0 Å². The van der Waals surface area contributed by atoms with Crippen LogP contribution in [0.5, 0.6) is 5.75 Å².